The summed E-state index contributed by atoms with van der Waals surface area (Å²) in [6.45, 7) is 2.47. The number of halogens is 3. The van der Waals surface area contributed by atoms with Crippen molar-refractivity contribution in [1.29, 1.82) is 0 Å². The molecule has 0 bridgehead atoms. The predicted octanol–water partition coefficient (Wildman–Crippen LogP) is 2.71. The number of hydrogen-bond donors (Lipinski definition) is 3. The van der Waals surface area contributed by atoms with Crippen LogP contribution >= 0.6 is 0 Å². The average molecular weight is 514 g/mol. The van der Waals surface area contributed by atoms with E-state index in [-0.39, 0.29) is 23.6 Å². The van der Waals surface area contributed by atoms with E-state index in [9.17, 15) is 22.8 Å². The van der Waals surface area contributed by atoms with Gasteiger partial charge in [0.1, 0.15) is 6.10 Å². The first-order chi connectivity index (χ1) is 17.1. The van der Waals surface area contributed by atoms with E-state index in [0.29, 0.717) is 37.8 Å². The zero-order valence-electron chi connectivity index (χ0n) is 19.0. The maximum Gasteiger partial charge on any atom is 0.490 e. The normalized spacial score (nSPS) is 20.1. The molecule has 3 N–H and O–H groups in total. The summed E-state index contributed by atoms with van der Waals surface area (Å²) in [4.78, 5) is 34.4. The number of rotatable bonds is 5. The Morgan fingerprint density at radius 1 is 1.03 bits per heavy atom. The Balaban J connectivity index is 0.000000454. The number of hydrogen-bond acceptors (Lipinski definition) is 7. The third kappa shape index (κ3) is 7.16. The molecule has 1 saturated carbocycles. The molecule has 0 atom stereocenters. The highest BCUT2D eigenvalue weighted by atomic mass is 19.4. The van der Waals surface area contributed by atoms with Gasteiger partial charge in [-0.25, -0.2) is 14.7 Å². The van der Waals surface area contributed by atoms with Crippen LogP contribution in [0, 0.1) is 0 Å². The number of carbonyl (C=O) groups is 3. The van der Waals surface area contributed by atoms with Crippen LogP contribution in [0.5, 0.6) is 5.88 Å². The molecule has 0 spiro atoms. The SMILES string of the molecule is O=C(O)C(F)(F)F.O=C(O)c1[nH]nnc1O[C@H]1CC[C@H](c2ccc(C(=O)N3CCOCC3)cc2)CC1. The maximum absolute atomic E-state index is 12.6. The fourth-order valence-electron chi connectivity index (χ4n) is 3.96. The van der Waals surface area contributed by atoms with E-state index in [0.717, 1.165) is 25.7 Å². The van der Waals surface area contributed by atoms with Crippen molar-refractivity contribution in [3.8, 4) is 5.88 Å². The van der Waals surface area contributed by atoms with Gasteiger partial charge in [-0.05, 0) is 49.3 Å². The van der Waals surface area contributed by atoms with Crippen LogP contribution in [0.3, 0.4) is 0 Å². The molecule has 2 fully saturated rings. The van der Waals surface area contributed by atoms with Crippen LogP contribution < -0.4 is 4.74 Å². The molecule has 14 heteroatoms. The molecule has 2 heterocycles. The van der Waals surface area contributed by atoms with Crippen LogP contribution in [0.4, 0.5) is 13.2 Å². The van der Waals surface area contributed by atoms with Crippen molar-refractivity contribution in [3.63, 3.8) is 0 Å². The van der Waals surface area contributed by atoms with Crippen molar-refractivity contribution in [1.82, 2.24) is 20.3 Å². The number of nitrogens with one attached hydrogen (secondary N) is 1. The summed E-state index contributed by atoms with van der Waals surface area (Å²) in [6.07, 6.45) is -1.67. The number of carbonyl (C=O) groups excluding carboxylic acids is 1. The van der Waals surface area contributed by atoms with Gasteiger partial charge >= 0.3 is 18.1 Å². The molecule has 2 aliphatic rings. The smallest absolute Gasteiger partial charge is 0.476 e. The van der Waals surface area contributed by atoms with Crippen molar-refractivity contribution in [2.24, 2.45) is 0 Å². The number of amides is 1. The van der Waals surface area contributed by atoms with E-state index < -0.39 is 18.1 Å². The Hall–Kier alpha value is -3.68. The second kappa shape index (κ2) is 11.8. The van der Waals surface area contributed by atoms with Crippen LogP contribution in [0.25, 0.3) is 0 Å². The molecule has 1 aliphatic heterocycles. The number of benzene rings is 1. The van der Waals surface area contributed by atoms with Gasteiger partial charge in [-0.15, -0.1) is 0 Å². The van der Waals surface area contributed by atoms with Crippen LogP contribution in [0.2, 0.25) is 0 Å². The summed E-state index contributed by atoms with van der Waals surface area (Å²) in [5.41, 5.74) is 1.81. The van der Waals surface area contributed by atoms with Crippen LogP contribution in [0.1, 0.15) is 58.0 Å². The fraction of sp³-hybridized carbons (Fsp3) is 0.500. The summed E-state index contributed by atoms with van der Waals surface area (Å²) in [5, 5.41) is 25.8. The molecule has 4 rings (SSSR count). The second-order valence-electron chi connectivity index (χ2n) is 8.22. The molecule has 0 unspecified atom stereocenters. The molecule has 1 saturated heterocycles. The first kappa shape index (κ1) is 26.9. The summed E-state index contributed by atoms with van der Waals surface area (Å²) in [7, 11) is 0. The summed E-state index contributed by atoms with van der Waals surface area (Å²) >= 11 is 0. The molecule has 11 nitrogen and oxygen atoms in total. The number of aromatic amines is 1. The number of carboxylic acid groups (broad SMARTS) is 2. The second-order valence-corrected chi connectivity index (χ2v) is 8.22. The number of morpholine rings is 1. The first-order valence-electron chi connectivity index (χ1n) is 11.1. The van der Waals surface area contributed by atoms with Crippen LogP contribution in [-0.2, 0) is 9.53 Å². The van der Waals surface area contributed by atoms with Crippen molar-refractivity contribution in [2.75, 3.05) is 26.3 Å². The van der Waals surface area contributed by atoms with E-state index in [1.165, 1.54) is 5.56 Å². The van der Waals surface area contributed by atoms with Crippen LogP contribution in [-0.4, -0.2) is 87.0 Å². The monoisotopic (exact) mass is 514 g/mol. The van der Waals surface area contributed by atoms with Crippen molar-refractivity contribution in [3.05, 3.63) is 41.1 Å². The number of nitrogens with zero attached hydrogens (tertiary/aromatic N) is 3. The molecular formula is C22H25F3N4O7. The van der Waals surface area contributed by atoms with Gasteiger partial charge in [-0.3, -0.25) is 4.79 Å². The maximum atomic E-state index is 12.6. The molecule has 196 valence electrons. The van der Waals surface area contributed by atoms with Gasteiger partial charge in [0.05, 0.1) is 13.2 Å². The Morgan fingerprint density at radius 3 is 2.14 bits per heavy atom. The lowest BCUT2D eigenvalue weighted by Crippen LogP contribution is -2.40. The number of alkyl halides is 3. The lowest BCUT2D eigenvalue weighted by Gasteiger charge is -2.29. The van der Waals surface area contributed by atoms with E-state index >= 15 is 0 Å². The zero-order valence-corrected chi connectivity index (χ0v) is 19.0. The van der Waals surface area contributed by atoms with Crippen molar-refractivity contribution >= 4 is 17.8 Å². The highest BCUT2D eigenvalue weighted by Crippen LogP contribution is 2.34. The summed E-state index contributed by atoms with van der Waals surface area (Å²) in [5.74, 6) is -3.39. The standard InChI is InChI=1S/C20H24N4O5.C2HF3O2/c25-19(24-9-11-28-12-10-24)15-3-1-13(2-4-15)14-5-7-16(8-6-14)29-18-17(20(26)27)21-23-22-18;3-2(4,5)1(6)7/h1-4,14,16H,5-12H2,(H,26,27)(H,21,22,23);(H,6,7)/t14-,16-;. The summed E-state index contributed by atoms with van der Waals surface area (Å²) in [6, 6.07) is 7.90. The van der Waals surface area contributed by atoms with E-state index in [2.05, 4.69) is 15.4 Å². The summed E-state index contributed by atoms with van der Waals surface area (Å²) < 4.78 is 42.8. The van der Waals surface area contributed by atoms with Crippen LogP contribution in [0.15, 0.2) is 24.3 Å². The lowest BCUT2D eigenvalue weighted by molar-refractivity contribution is -0.192. The molecule has 2 aromatic rings. The third-order valence-electron chi connectivity index (χ3n) is 5.85. The Labute approximate surface area is 203 Å². The number of aromatic carboxylic acids is 1. The number of H-pyrrole nitrogens is 1. The topological polar surface area (TPSA) is 155 Å². The van der Waals surface area contributed by atoms with Crippen molar-refractivity contribution < 1.29 is 47.2 Å². The number of aliphatic carboxylic acids is 1. The van der Waals surface area contributed by atoms with Crippen molar-refractivity contribution in [2.45, 2.75) is 43.9 Å². The molecule has 1 aromatic heterocycles. The van der Waals surface area contributed by atoms with Gasteiger partial charge < -0.3 is 24.6 Å². The molecule has 1 aromatic carbocycles. The lowest BCUT2D eigenvalue weighted by atomic mass is 9.82. The number of ether oxygens (including phenoxy) is 2. The molecular weight excluding hydrogens is 489 g/mol. The minimum atomic E-state index is -5.08. The molecule has 1 amide bonds. The Kier molecular flexibility index (Phi) is 8.85. The minimum absolute atomic E-state index is 0.0481. The third-order valence-corrected chi connectivity index (χ3v) is 5.85. The van der Waals surface area contributed by atoms with E-state index in [1.807, 2.05) is 29.2 Å². The van der Waals surface area contributed by atoms with E-state index in [4.69, 9.17) is 24.5 Å². The van der Waals surface area contributed by atoms with Gasteiger partial charge in [0, 0.05) is 18.7 Å². The minimum Gasteiger partial charge on any atom is -0.476 e. The van der Waals surface area contributed by atoms with Gasteiger partial charge in [0.15, 0.2) is 0 Å². The number of carboxylic acids is 2. The molecule has 36 heavy (non-hydrogen) atoms. The Morgan fingerprint density at radius 2 is 1.61 bits per heavy atom. The average Bonchev–Trinajstić information content (AvgIpc) is 3.33. The quantitative estimate of drug-likeness (QED) is 0.546. The molecule has 0 radical (unpaired) electrons. The van der Waals surface area contributed by atoms with E-state index in [1.54, 1.807) is 0 Å². The van der Waals surface area contributed by atoms with Gasteiger partial charge in [-0.2, -0.15) is 13.2 Å². The molecule has 1 aliphatic carbocycles. The zero-order chi connectivity index (χ0) is 26.3. The fourth-order valence-corrected chi connectivity index (χ4v) is 3.96. The highest BCUT2D eigenvalue weighted by molar-refractivity contribution is 5.94. The van der Waals surface area contributed by atoms with Gasteiger partial charge in [0.2, 0.25) is 5.69 Å². The van der Waals surface area contributed by atoms with Gasteiger partial charge in [0.25, 0.3) is 11.8 Å². The largest absolute Gasteiger partial charge is 0.490 e. The highest BCUT2D eigenvalue weighted by Gasteiger charge is 2.38. The number of aromatic nitrogens is 3. The first-order valence-corrected chi connectivity index (χ1v) is 11.1. The predicted molar refractivity (Wildman–Crippen MR) is 116 cm³/mol. The van der Waals surface area contributed by atoms with Gasteiger partial charge in [-0.1, -0.05) is 22.4 Å². The Bertz CT molecular complexity index is 1040.